The summed E-state index contributed by atoms with van der Waals surface area (Å²) in [6.07, 6.45) is 3.53. The molecule has 1 aromatic carbocycles. The average molecular weight is 251 g/mol. The van der Waals surface area contributed by atoms with Crippen molar-refractivity contribution in [3.05, 3.63) is 17.7 Å². The Kier molecular flexibility index (Phi) is 4.31. The minimum Gasteiger partial charge on any atom is -0.504 e. The molecule has 0 saturated carbocycles. The third-order valence-electron chi connectivity index (χ3n) is 3.33. The van der Waals surface area contributed by atoms with Crippen LogP contribution in [-0.2, 0) is 6.61 Å². The van der Waals surface area contributed by atoms with Gasteiger partial charge in [-0.3, -0.25) is 0 Å². The average Bonchev–Trinajstić information content (AvgIpc) is 2.42. The lowest BCUT2D eigenvalue weighted by Gasteiger charge is -2.32. The maximum atomic E-state index is 9.94. The zero-order valence-electron chi connectivity index (χ0n) is 10.9. The van der Waals surface area contributed by atoms with Crippen molar-refractivity contribution < 1.29 is 14.9 Å². The van der Waals surface area contributed by atoms with Crippen molar-refractivity contribution in [3.8, 4) is 11.5 Å². The summed E-state index contributed by atoms with van der Waals surface area (Å²) in [5, 5.41) is 19.4. The zero-order chi connectivity index (χ0) is 13.0. The third-order valence-corrected chi connectivity index (χ3v) is 3.33. The Hall–Kier alpha value is -1.42. The predicted octanol–water partition coefficient (Wildman–Crippen LogP) is 2.27. The Morgan fingerprint density at radius 1 is 1.22 bits per heavy atom. The number of aliphatic hydroxyl groups excluding tert-OH is 1. The summed E-state index contributed by atoms with van der Waals surface area (Å²) in [6.45, 7) is 4.27. The van der Waals surface area contributed by atoms with Crippen LogP contribution >= 0.6 is 0 Å². The van der Waals surface area contributed by atoms with Crippen molar-refractivity contribution in [1.82, 2.24) is 0 Å². The summed E-state index contributed by atoms with van der Waals surface area (Å²) in [5.41, 5.74) is 1.68. The van der Waals surface area contributed by atoms with Gasteiger partial charge in [-0.25, -0.2) is 0 Å². The molecule has 0 radical (unpaired) electrons. The number of benzene rings is 1. The van der Waals surface area contributed by atoms with Crippen LogP contribution in [0.5, 0.6) is 11.5 Å². The van der Waals surface area contributed by atoms with Crippen molar-refractivity contribution >= 4 is 5.69 Å². The second-order valence-electron chi connectivity index (χ2n) is 4.56. The van der Waals surface area contributed by atoms with Gasteiger partial charge in [0.1, 0.15) is 0 Å². The number of piperidine rings is 1. The molecule has 1 aliphatic rings. The standard InChI is InChI=1S/C14H21NO3/c1-2-18-14-12(17)7-6-11(10-16)13(14)15-8-4-3-5-9-15/h6-7,16-17H,2-5,8-10H2,1H3. The molecule has 0 aliphatic carbocycles. The molecule has 4 heteroatoms. The topological polar surface area (TPSA) is 52.9 Å². The fraction of sp³-hybridized carbons (Fsp3) is 0.571. The van der Waals surface area contributed by atoms with Crippen molar-refractivity contribution in [2.45, 2.75) is 32.8 Å². The number of hydrogen-bond donors (Lipinski definition) is 2. The number of anilines is 1. The highest BCUT2D eigenvalue weighted by molar-refractivity contribution is 5.69. The summed E-state index contributed by atoms with van der Waals surface area (Å²) in [5.74, 6) is 0.653. The van der Waals surface area contributed by atoms with Crippen LogP contribution in [0.3, 0.4) is 0 Å². The normalized spacial score (nSPS) is 15.8. The van der Waals surface area contributed by atoms with Crippen molar-refractivity contribution in [2.75, 3.05) is 24.6 Å². The summed E-state index contributed by atoms with van der Waals surface area (Å²) in [6, 6.07) is 3.35. The van der Waals surface area contributed by atoms with E-state index in [9.17, 15) is 10.2 Å². The first-order valence-corrected chi connectivity index (χ1v) is 6.61. The molecular weight excluding hydrogens is 230 g/mol. The van der Waals surface area contributed by atoms with Crippen molar-refractivity contribution in [2.24, 2.45) is 0 Å². The number of phenolic OH excluding ortho intramolecular Hbond substituents is 1. The molecule has 1 fully saturated rings. The fourth-order valence-corrected chi connectivity index (χ4v) is 2.48. The van der Waals surface area contributed by atoms with Gasteiger partial charge in [-0.05, 0) is 32.3 Å². The SMILES string of the molecule is CCOc1c(O)ccc(CO)c1N1CCCCC1. The van der Waals surface area contributed by atoms with Gasteiger partial charge >= 0.3 is 0 Å². The predicted molar refractivity (Wildman–Crippen MR) is 71.3 cm³/mol. The number of nitrogens with zero attached hydrogens (tertiary/aromatic N) is 1. The molecular formula is C14H21NO3. The van der Waals surface area contributed by atoms with E-state index in [2.05, 4.69) is 4.90 Å². The summed E-state index contributed by atoms with van der Waals surface area (Å²) in [4.78, 5) is 2.21. The maximum absolute atomic E-state index is 9.94. The number of rotatable bonds is 4. The van der Waals surface area contributed by atoms with Crippen LogP contribution in [0.15, 0.2) is 12.1 Å². The van der Waals surface area contributed by atoms with E-state index in [-0.39, 0.29) is 12.4 Å². The first-order valence-electron chi connectivity index (χ1n) is 6.61. The molecule has 1 aromatic rings. The first kappa shape index (κ1) is 13.0. The van der Waals surface area contributed by atoms with E-state index in [1.54, 1.807) is 12.1 Å². The van der Waals surface area contributed by atoms with Crippen molar-refractivity contribution in [1.29, 1.82) is 0 Å². The quantitative estimate of drug-likeness (QED) is 0.862. The molecule has 0 amide bonds. The van der Waals surface area contributed by atoms with Gasteiger partial charge in [-0.15, -0.1) is 0 Å². The van der Waals surface area contributed by atoms with Crippen LogP contribution in [0.4, 0.5) is 5.69 Å². The molecule has 18 heavy (non-hydrogen) atoms. The van der Waals surface area contributed by atoms with Crippen LogP contribution in [0.25, 0.3) is 0 Å². The summed E-state index contributed by atoms with van der Waals surface area (Å²) < 4.78 is 5.56. The number of hydrogen-bond acceptors (Lipinski definition) is 4. The molecule has 0 aromatic heterocycles. The van der Waals surface area contributed by atoms with Gasteiger partial charge in [0.05, 0.1) is 18.9 Å². The van der Waals surface area contributed by atoms with Gasteiger partial charge in [0.15, 0.2) is 11.5 Å². The molecule has 1 aliphatic heterocycles. The highest BCUT2D eigenvalue weighted by Gasteiger charge is 2.21. The number of ether oxygens (including phenoxy) is 1. The minimum atomic E-state index is -0.0355. The summed E-state index contributed by atoms with van der Waals surface area (Å²) >= 11 is 0. The molecule has 2 rings (SSSR count). The Bertz CT molecular complexity index is 400. The lowest BCUT2D eigenvalue weighted by atomic mass is 10.1. The summed E-state index contributed by atoms with van der Waals surface area (Å²) in [7, 11) is 0. The zero-order valence-corrected chi connectivity index (χ0v) is 10.9. The molecule has 1 saturated heterocycles. The van der Waals surface area contributed by atoms with Crippen LogP contribution in [0.2, 0.25) is 0 Å². The Labute approximate surface area is 108 Å². The molecule has 4 nitrogen and oxygen atoms in total. The van der Waals surface area contributed by atoms with E-state index in [4.69, 9.17) is 4.74 Å². The maximum Gasteiger partial charge on any atom is 0.184 e. The van der Waals surface area contributed by atoms with E-state index >= 15 is 0 Å². The minimum absolute atomic E-state index is 0.0355. The molecule has 0 spiro atoms. The second-order valence-corrected chi connectivity index (χ2v) is 4.56. The lowest BCUT2D eigenvalue weighted by molar-refractivity contribution is 0.278. The molecule has 1 heterocycles. The van der Waals surface area contributed by atoms with E-state index in [1.165, 1.54) is 6.42 Å². The largest absolute Gasteiger partial charge is 0.504 e. The van der Waals surface area contributed by atoms with Crippen molar-refractivity contribution in [3.63, 3.8) is 0 Å². The number of phenols is 1. The Morgan fingerprint density at radius 2 is 1.94 bits per heavy atom. The fourth-order valence-electron chi connectivity index (χ4n) is 2.48. The lowest BCUT2D eigenvalue weighted by Crippen LogP contribution is -2.30. The molecule has 0 atom stereocenters. The van der Waals surface area contributed by atoms with Crippen LogP contribution in [-0.4, -0.2) is 29.9 Å². The van der Waals surface area contributed by atoms with Gasteiger partial charge in [0.2, 0.25) is 0 Å². The van der Waals surface area contributed by atoms with Crippen LogP contribution < -0.4 is 9.64 Å². The monoisotopic (exact) mass is 251 g/mol. The first-order chi connectivity index (χ1) is 8.77. The van der Waals surface area contributed by atoms with Gasteiger partial charge < -0.3 is 19.8 Å². The highest BCUT2D eigenvalue weighted by atomic mass is 16.5. The Balaban J connectivity index is 2.42. The van der Waals surface area contributed by atoms with E-state index < -0.39 is 0 Å². The number of aliphatic hydroxyl groups is 1. The molecule has 0 bridgehead atoms. The molecule has 0 unspecified atom stereocenters. The van der Waals surface area contributed by atoms with E-state index in [1.807, 2.05) is 6.92 Å². The van der Waals surface area contributed by atoms with Gasteiger partial charge in [0, 0.05) is 18.7 Å². The Morgan fingerprint density at radius 3 is 2.56 bits per heavy atom. The second kappa shape index (κ2) is 5.96. The van der Waals surface area contributed by atoms with Crippen LogP contribution in [0.1, 0.15) is 31.7 Å². The van der Waals surface area contributed by atoms with Gasteiger partial charge in [-0.1, -0.05) is 6.07 Å². The van der Waals surface area contributed by atoms with Gasteiger partial charge in [0.25, 0.3) is 0 Å². The van der Waals surface area contributed by atoms with Crippen LogP contribution in [0, 0.1) is 0 Å². The van der Waals surface area contributed by atoms with E-state index in [0.29, 0.717) is 12.4 Å². The molecule has 2 N–H and O–H groups in total. The number of aromatic hydroxyl groups is 1. The van der Waals surface area contributed by atoms with Gasteiger partial charge in [-0.2, -0.15) is 0 Å². The third kappa shape index (κ3) is 2.53. The molecule has 100 valence electrons. The van der Waals surface area contributed by atoms with E-state index in [0.717, 1.165) is 37.2 Å². The smallest absolute Gasteiger partial charge is 0.184 e. The highest BCUT2D eigenvalue weighted by Crippen LogP contribution is 2.41.